The molecule has 0 heterocycles. The Bertz CT molecular complexity index is 755. The van der Waals surface area contributed by atoms with Crippen LogP contribution in [-0.2, 0) is 9.53 Å². The van der Waals surface area contributed by atoms with Gasteiger partial charge in [-0.25, -0.2) is 4.79 Å². The molecule has 0 saturated heterocycles. The van der Waals surface area contributed by atoms with Gasteiger partial charge in [-0.1, -0.05) is 35.4 Å². The number of esters is 1. The summed E-state index contributed by atoms with van der Waals surface area (Å²) in [7, 11) is 0. The van der Waals surface area contributed by atoms with E-state index >= 15 is 0 Å². The monoisotopic (exact) mass is 341 g/mol. The lowest BCUT2D eigenvalue weighted by molar-refractivity contribution is -0.124. The molecule has 0 saturated carbocycles. The van der Waals surface area contributed by atoms with Gasteiger partial charge in [0.15, 0.2) is 6.61 Å². The minimum Gasteiger partial charge on any atom is -0.491 e. The highest BCUT2D eigenvalue weighted by Gasteiger charge is 2.10. The van der Waals surface area contributed by atoms with Crippen LogP contribution in [0.4, 0.5) is 0 Å². The zero-order chi connectivity index (χ0) is 18.2. The van der Waals surface area contributed by atoms with Crippen LogP contribution in [0.5, 0.6) is 5.75 Å². The number of hydrogen-bond acceptors (Lipinski definition) is 4. The van der Waals surface area contributed by atoms with Gasteiger partial charge < -0.3 is 14.8 Å². The topological polar surface area (TPSA) is 64.6 Å². The van der Waals surface area contributed by atoms with E-state index in [1.165, 1.54) is 5.56 Å². The lowest BCUT2D eigenvalue weighted by Crippen LogP contribution is -2.32. The molecule has 25 heavy (non-hydrogen) atoms. The Morgan fingerprint density at radius 2 is 1.76 bits per heavy atom. The molecule has 5 heteroatoms. The van der Waals surface area contributed by atoms with Crippen molar-refractivity contribution in [3.8, 4) is 5.75 Å². The van der Waals surface area contributed by atoms with Gasteiger partial charge in [0.05, 0.1) is 12.1 Å². The Balaban J connectivity index is 1.68. The van der Waals surface area contributed by atoms with Crippen LogP contribution >= 0.6 is 0 Å². The fourth-order valence-corrected chi connectivity index (χ4v) is 2.35. The molecule has 2 aromatic carbocycles. The quantitative estimate of drug-likeness (QED) is 0.621. The Morgan fingerprint density at radius 3 is 2.48 bits per heavy atom. The normalized spacial score (nSPS) is 10.2. The number of amides is 1. The molecule has 0 unspecified atom stereocenters. The van der Waals surface area contributed by atoms with Crippen LogP contribution in [0.25, 0.3) is 0 Å². The Labute approximate surface area is 148 Å². The fourth-order valence-electron chi connectivity index (χ4n) is 2.35. The molecule has 132 valence electrons. The van der Waals surface area contributed by atoms with Crippen molar-refractivity contribution in [1.29, 1.82) is 0 Å². The van der Waals surface area contributed by atoms with Crippen molar-refractivity contribution in [2.24, 2.45) is 0 Å². The predicted octanol–water partition coefficient (Wildman–Crippen LogP) is 2.96. The molecule has 0 fully saturated rings. The molecule has 0 aliphatic carbocycles. The van der Waals surface area contributed by atoms with Crippen molar-refractivity contribution in [2.75, 3.05) is 19.8 Å². The van der Waals surface area contributed by atoms with E-state index in [1.54, 1.807) is 18.2 Å². The van der Waals surface area contributed by atoms with Crippen molar-refractivity contribution >= 4 is 11.9 Å². The summed E-state index contributed by atoms with van der Waals surface area (Å²) in [6.45, 7) is 6.27. The molecule has 0 radical (unpaired) electrons. The smallest absolute Gasteiger partial charge is 0.338 e. The first-order valence-electron chi connectivity index (χ1n) is 8.16. The Hall–Kier alpha value is -2.82. The molecule has 1 amide bonds. The first kappa shape index (κ1) is 18.5. The van der Waals surface area contributed by atoms with Crippen LogP contribution in [-0.4, -0.2) is 31.6 Å². The average Bonchev–Trinajstić information content (AvgIpc) is 2.58. The van der Waals surface area contributed by atoms with Gasteiger partial charge in [-0.2, -0.15) is 0 Å². The molecule has 2 aromatic rings. The first-order valence-corrected chi connectivity index (χ1v) is 8.16. The lowest BCUT2D eigenvalue weighted by atomic mass is 10.1. The zero-order valence-corrected chi connectivity index (χ0v) is 14.8. The van der Waals surface area contributed by atoms with E-state index in [0.29, 0.717) is 18.7 Å². The zero-order valence-electron chi connectivity index (χ0n) is 14.8. The summed E-state index contributed by atoms with van der Waals surface area (Å²) in [4.78, 5) is 23.6. The van der Waals surface area contributed by atoms with Gasteiger partial charge in [0.2, 0.25) is 0 Å². The molecular weight excluding hydrogens is 318 g/mol. The predicted molar refractivity (Wildman–Crippen MR) is 95.9 cm³/mol. The summed E-state index contributed by atoms with van der Waals surface area (Å²) in [5.74, 6) is -0.0682. The minimum atomic E-state index is -0.509. The molecule has 0 aliphatic heterocycles. The SMILES string of the molecule is Cc1cccc(C(=O)OCC(=O)NCCOc2ccc(C)cc2C)c1. The van der Waals surface area contributed by atoms with Gasteiger partial charge in [-0.15, -0.1) is 0 Å². The average molecular weight is 341 g/mol. The maximum absolute atomic E-state index is 11.9. The van der Waals surface area contributed by atoms with Gasteiger partial charge in [-0.05, 0) is 44.5 Å². The highest BCUT2D eigenvalue weighted by atomic mass is 16.5. The molecule has 2 rings (SSSR count). The summed E-state index contributed by atoms with van der Waals surface area (Å²) in [5, 5.41) is 2.66. The molecule has 1 N–H and O–H groups in total. The van der Waals surface area contributed by atoms with Crippen molar-refractivity contribution in [3.05, 3.63) is 64.7 Å². The number of rotatable bonds is 7. The van der Waals surface area contributed by atoms with Crippen LogP contribution in [0, 0.1) is 20.8 Å². The van der Waals surface area contributed by atoms with Crippen molar-refractivity contribution in [3.63, 3.8) is 0 Å². The largest absolute Gasteiger partial charge is 0.491 e. The number of benzene rings is 2. The maximum atomic E-state index is 11.9. The third-order valence-corrected chi connectivity index (χ3v) is 3.60. The van der Waals surface area contributed by atoms with E-state index in [1.807, 2.05) is 45.0 Å². The van der Waals surface area contributed by atoms with Crippen LogP contribution in [0.15, 0.2) is 42.5 Å². The third kappa shape index (κ3) is 5.95. The number of nitrogens with one attached hydrogen (secondary N) is 1. The van der Waals surface area contributed by atoms with Crippen LogP contribution in [0.2, 0.25) is 0 Å². The van der Waals surface area contributed by atoms with Gasteiger partial charge in [0.25, 0.3) is 5.91 Å². The molecule has 0 atom stereocenters. The third-order valence-electron chi connectivity index (χ3n) is 3.60. The number of carbonyl (C=O) groups is 2. The second-order valence-electron chi connectivity index (χ2n) is 5.91. The van der Waals surface area contributed by atoms with Crippen molar-refractivity contribution in [1.82, 2.24) is 5.32 Å². The van der Waals surface area contributed by atoms with Gasteiger partial charge in [0.1, 0.15) is 12.4 Å². The fraction of sp³-hybridized carbons (Fsp3) is 0.300. The maximum Gasteiger partial charge on any atom is 0.338 e. The number of aryl methyl sites for hydroxylation is 3. The molecule has 0 bridgehead atoms. The standard InChI is InChI=1S/C20H23NO4/c1-14-5-4-6-17(12-14)20(23)25-13-19(22)21-9-10-24-18-8-7-15(2)11-16(18)3/h4-8,11-12H,9-10,13H2,1-3H3,(H,21,22). The van der Waals surface area contributed by atoms with E-state index in [-0.39, 0.29) is 12.5 Å². The van der Waals surface area contributed by atoms with E-state index < -0.39 is 5.97 Å². The van der Waals surface area contributed by atoms with E-state index in [2.05, 4.69) is 5.32 Å². The molecule has 5 nitrogen and oxygen atoms in total. The Kier molecular flexibility index (Phi) is 6.57. The highest BCUT2D eigenvalue weighted by molar-refractivity contribution is 5.91. The van der Waals surface area contributed by atoms with Crippen LogP contribution in [0.3, 0.4) is 0 Å². The Morgan fingerprint density at radius 1 is 1.00 bits per heavy atom. The number of carbonyl (C=O) groups excluding carboxylic acids is 2. The molecule has 0 aliphatic rings. The summed E-state index contributed by atoms with van der Waals surface area (Å²) in [6.07, 6.45) is 0. The van der Waals surface area contributed by atoms with E-state index in [0.717, 1.165) is 16.9 Å². The molecule has 0 spiro atoms. The van der Waals surface area contributed by atoms with E-state index in [4.69, 9.17) is 9.47 Å². The minimum absolute atomic E-state index is 0.309. The van der Waals surface area contributed by atoms with Crippen molar-refractivity contribution in [2.45, 2.75) is 20.8 Å². The summed E-state index contributed by atoms with van der Waals surface area (Å²) in [5.41, 5.74) is 3.63. The summed E-state index contributed by atoms with van der Waals surface area (Å²) < 4.78 is 10.6. The number of ether oxygens (including phenoxy) is 2. The van der Waals surface area contributed by atoms with Crippen molar-refractivity contribution < 1.29 is 19.1 Å². The van der Waals surface area contributed by atoms with Crippen LogP contribution < -0.4 is 10.1 Å². The van der Waals surface area contributed by atoms with Gasteiger partial charge >= 0.3 is 5.97 Å². The summed E-state index contributed by atoms with van der Waals surface area (Å²) >= 11 is 0. The second-order valence-corrected chi connectivity index (χ2v) is 5.91. The highest BCUT2D eigenvalue weighted by Crippen LogP contribution is 2.18. The van der Waals surface area contributed by atoms with Gasteiger partial charge in [0, 0.05) is 0 Å². The van der Waals surface area contributed by atoms with Crippen LogP contribution in [0.1, 0.15) is 27.0 Å². The lowest BCUT2D eigenvalue weighted by Gasteiger charge is -2.10. The second kappa shape index (κ2) is 8.87. The summed E-state index contributed by atoms with van der Waals surface area (Å²) in [6, 6.07) is 13.0. The first-order chi connectivity index (χ1) is 12.0. The molecule has 0 aromatic heterocycles. The van der Waals surface area contributed by atoms with E-state index in [9.17, 15) is 9.59 Å². The molecular formula is C20H23NO4. The van der Waals surface area contributed by atoms with Gasteiger partial charge in [-0.3, -0.25) is 4.79 Å². The number of hydrogen-bond donors (Lipinski definition) is 1.